The van der Waals surface area contributed by atoms with Crippen LogP contribution in [0.15, 0.2) is 18.2 Å². The fourth-order valence-electron chi connectivity index (χ4n) is 3.43. The molecule has 0 bridgehead atoms. The smallest absolute Gasteiger partial charge is 0.157 e. The number of halogens is 1. The molecule has 2 fully saturated rings. The molecule has 0 N–H and O–H groups in total. The first-order valence-electron chi connectivity index (χ1n) is 9.43. The monoisotopic (exact) mass is 400 g/mol. The Morgan fingerprint density at radius 1 is 1.19 bits per heavy atom. The van der Waals surface area contributed by atoms with Gasteiger partial charge in [0.15, 0.2) is 9.84 Å². The molecule has 0 radical (unpaired) electrons. The van der Waals surface area contributed by atoms with E-state index in [0.717, 1.165) is 43.4 Å². The van der Waals surface area contributed by atoms with Crippen molar-refractivity contribution in [1.29, 1.82) is 0 Å². The summed E-state index contributed by atoms with van der Waals surface area (Å²) in [5.41, 5.74) is 2.36. The summed E-state index contributed by atoms with van der Waals surface area (Å²) in [5.74, 6) is 0.741. The minimum absolute atomic E-state index is 0.268. The Kier molecular flexibility index (Phi) is 6.49. The predicted octanol–water partition coefficient (Wildman–Crippen LogP) is 2.79. The maximum atomic E-state index is 12.1. The van der Waals surface area contributed by atoms with Crippen molar-refractivity contribution in [1.82, 2.24) is 4.90 Å². The first-order chi connectivity index (χ1) is 12.4. The zero-order valence-electron chi connectivity index (χ0n) is 15.7. The highest BCUT2D eigenvalue weighted by Crippen LogP contribution is 2.30. The van der Waals surface area contributed by atoms with E-state index in [1.165, 1.54) is 5.56 Å². The minimum atomic E-state index is -2.97. The van der Waals surface area contributed by atoms with Crippen LogP contribution in [0.3, 0.4) is 0 Å². The van der Waals surface area contributed by atoms with E-state index in [4.69, 9.17) is 16.3 Å². The van der Waals surface area contributed by atoms with Gasteiger partial charge in [-0.2, -0.15) is 0 Å². The Morgan fingerprint density at radius 3 is 2.42 bits per heavy atom. The Hall–Kier alpha value is -0.820. The number of rotatable bonds is 7. The summed E-state index contributed by atoms with van der Waals surface area (Å²) in [5, 5.41) is 0.550. The van der Waals surface area contributed by atoms with Gasteiger partial charge in [-0.05, 0) is 36.6 Å². The number of ether oxygens (including phenoxy) is 1. The van der Waals surface area contributed by atoms with Gasteiger partial charge >= 0.3 is 0 Å². The molecule has 0 aliphatic carbocycles. The van der Waals surface area contributed by atoms with Crippen molar-refractivity contribution in [3.63, 3.8) is 0 Å². The van der Waals surface area contributed by atoms with Crippen molar-refractivity contribution in [2.45, 2.75) is 31.4 Å². The highest BCUT2D eigenvalue weighted by molar-refractivity contribution is 7.92. The van der Waals surface area contributed by atoms with Gasteiger partial charge in [-0.25, -0.2) is 8.42 Å². The van der Waals surface area contributed by atoms with Crippen LogP contribution in [0.2, 0.25) is 5.02 Å². The summed E-state index contributed by atoms with van der Waals surface area (Å²) >= 11 is 6.49. The summed E-state index contributed by atoms with van der Waals surface area (Å²) < 4.78 is 29.2. The maximum Gasteiger partial charge on any atom is 0.157 e. The highest BCUT2D eigenvalue weighted by atomic mass is 35.5. The van der Waals surface area contributed by atoms with Crippen LogP contribution in [-0.4, -0.2) is 70.3 Å². The molecule has 0 saturated carbocycles. The molecule has 146 valence electrons. The summed E-state index contributed by atoms with van der Waals surface area (Å²) in [4.78, 5) is 4.67. The van der Waals surface area contributed by atoms with Crippen molar-refractivity contribution >= 4 is 27.1 Å². The van der Waals surface area contributed by atoms with Crippen molar-refractivity contribution < 1.29 is 13.2 Å². The number of hydrogen-bond acceptors (Lipinski definition) is 5. The van der Waals surface area contributed by atoms with Gasteiger partial charge in [-0.15, -0.1) is 0 Å². The molecule has 1 aromatic carbocycles. The van der Waals surface area contributed by atoms with Crippen molar-refractivity contribution in [2.24, 2.45) is 0 Å². The number of hydrogen-bond donors (Lipinski definition) is 0. The fraction of sp³-hybridized carbons (Fsp3) is 0.684. The van der Waals surface area contributed by atoms with Crippen molar-refractivity contribution in [3.05, 3.63) is 28.8 Å². The van der Waals surface area contributed by atoms with Crippen LogP contribution in [0.25, 0.3) is 0 Å². The van der Waals surface area contributed by atoms with Gasteiger partial charge in [0.1, 0.15) is 5.25 Å². The van der Waals surface area contributed by atoms with Crippen LogP contribution in [0.5, 0.6) is 0 Å². The van der Waals surface area contributed by atoms with Gasteiger partial charge in [-0.3, -0.25) is 4.90 Å². The molecule has 7 heteroatoms. The van der Waals surface area contributed by atoms with Crippen LogP contribution in [-0.2, 0) is 14.6 Å². The minimum Gasteiger partial charge on any atom is -0.379 e. The average molecular weight is 401 g/mol. The summed E-state index contributed by atoms with van der Waals surface area (Å²) in [6, 6.07) is 6.36. The quantitative estimate of drug-likeness (QED) is 0.704. The third-order valence-corrected chi connectivity index (χ3v) is 7.82. The van der Waals surface area contributed by atoms with Crippen LogP contribution < -0.4 is 4.90 Å². The molecule has 2 heterocycles. The van der Waals surface area contributed by atoms with Crippen LogP contribution in [0.1, 0.15) is 31.7 Å². The molecule has 1 aromatic rings. The summed E-state index contributed by atoms with van der Waals surface area (Å²) in [6.45, 7) is 9.64. The van der Waals surface area contributed by atoms with E-state index in [9.17, 15) is 8.42 Å². The standard InChI is InChI=1S/C19H29ClN2O3S/c1-15(2)16-4-5-19(18(20)12-16)22-9-7-21(8-10-22)6-3-11-26(23,24)17-13-25-14-17/h4-5,12,15,17H,3,6-11,13-14H2,1-2H3. The molecule has 3 rings (SSSR count). The average Bonchev–Trinajstić information content (AvgIpc) is 2.53. The molecular formula is C19H29ClN2O3S. The number of benzene rings is 1. The third-order valence-electron chi connectivity index (χ3n) is 5.37. The van der Waals surface area contributed by atoms with Gasteiger partial charge < -0.3 is 9.64 Å². The third kappa shape index (κ3) is 4.71. The highest BCUT2D eigenvalue weighted by Gasteiger charge is 2.32. The van der Waals surface area contributed by atoms with E-state index in [2.05, 4.69) is 41.8 Å². The lowest BCUT2D eigenvalue weighted by molar-refractivity contribution is 0.0415. The zero-order chi connectivity index (χ0) is 18.7. The lowest BCUT2D eigenvalue weighted by Gasteiger charge is -2.36. The Balaban J connectivity index is 1.45. The second-order valence-corrected chi connectivity index (χ2v) is 10.4. The van der Waals surface area contributed by atoms with Gasteiger partial charge in [0.2, 0.25) is 0 Å². The molecule has 2 saturated heterocycles. The molecule has 0 unspecified atom stereocenters. The first kappa shape index (κ1) is 19.9. The summed E-state index contributed by atoms with van der Waals surface area (Å²) in [7, 11) is -2.97. The largest absolute Gasteiger partial charge is 0.379 e. The Morgan fingerprint density at radius 2 is 1.88 bits per heavy atom. The molecule has 0 amide bonds. The van der Waals surface area contributed by atoms with Gasteiger partial charge in [0.25, 0.3) is 0 Å². The van der Waals surface area contributed by atoms with E-state index >= 15 is 0 Å². The fourth-order valence-corrected chi connectivity index (χ4v) is 5.21. The van der Waals surface area contributed by atoms with Gasteiger partial charge in [0.05, 0.1) is 29.7 Å². The van der Waals surface area contributed by atoms with Gasteiger partial charge in [0, 0.05) is 26.2 Å². The second kappa shape index (κ2) is 8.46. The molecule has 0 atom stereocenters. The first-order valence-corrected chi connectivity index (χ1v) is 11.5. The lowest BCUT2D eigenvalue weighted by Crippen LogP contribution is -2.47. The molecule has 0 spiro atoms. The predicted molar refractivity (Wildman–Crippen MR) is 107 cm³/mol. The number of piperazine rings is 1. The maximum absolute atomic E-state index is 12.1. The zero-order valence-corrected chi connectivity index (χ0v) is 17.2. The number of nitrogens with zero attached hydrogens (tertiary/aromatic N) is 2. The van der Waals surface area contributed by atoms with E-state index < -0.39 is 9.84 Å². The molecular weight excluding hydrogens is 372 g/mol. The van der Waals surface area contributed by atoms with E-state index in [1.54, 1.807) is 0 Å². The van der Waals surface area contributed by atoms with Crippen LogP contribution in [0.4, 0.5) is 5.69 Å². The lowest BCUT2D eigenvalue weighted by atomic mass is 10.0. The van der Waals surface area contributed by atoms with E-state index in [1.807, 2.05) is 0 Å². The number of anilines is 1. The topological polar surface area (TPSA) is 49.9 Å². The Labute approximate surface area is 162 Å². The van der Waals surface area contributed by atoms with Crippen LogP contribution >= 0.6 is 11.6 Å². The number of sulfone groups is 1. The molecule has 0 aromatic heterocycles. The molecule has 5 nitrogen and oxygen atoms in total. The second-order valence-electron chi connectivity index (χ2n) is 7.57. The SMILES string of the molecule is CC(C)c1ccc(N2CCN(CCCS(=O)(=O)C3COC3)CC2)c(Cl)c1. The normalized spacial score (nSPS) is 19.8. The van der Waals surface area contributed by atoms with Crippen molar-refractivity contribution in [3.8, 4) is 0 Å². The molecule has 2 aliphatic heterocycles. The molecule has 26 heavy (non-hydrogen) atoms. The Bertz CT molecular complexity index is 711. The van der Waals surface area contributed by atoms with E-state index in [0.29, 0.717) is 25.6 Å². The van der Waals surface area contributed by atoms with E-state index in [-0.39, 0.29) is 11.0 Å². The van der Waals surface area contributed by atoms with Crippen LogP contribution in [0, 0.1) is 0 Å². The molecule has 2 aliphatic rings. The van der Waals surface area contributed by atoms with Crippen molar-refractivity contribution in [2.75, 3.05) is 56.6 Å². The summed E-state index contributed by atoms with van der Waals surface area (Å²) in [6.07, 6.45) is 0.697. The van der Waals surface area contributed by atoms with Gasteiger partial charge in [-0.1, -0.05) is 31.5 Å².